The first-order valence-electron chi connectivity index (χ1n) is 25.8. The number of benzene rings is 8. The van der Waals surface area contributed by atoms with Crippen molar-refractivity contribution in [2.24, 2.45) is 23.7 Å². The lowest BCUT2D eigenvalue weighted by Crippen LogP contribution is -2.44. The maximum atomic E-state index is 17.4. The summed E-state index contributed by atoms with van der Waals surface area (Å²) in [4.78, 5) is 34.7. The van der Waals surface area contributed by atoms with E-state index in [4.69, 9.17) is 0 Å². The van der Waals surface area contributed by atoms with Crippen molar-refractivity contribution in [3.8, 4) is 0 Å². The van der Waals surface area contributed by atoms with Gasteiger partial charge in [0, 0.05) is 32.7 Å². The monoisotopic (exact) mass is 958 g/mol. The van der Waals surface area contributed by atoms with Crippen molar-refractivity contribution in [2.45, 2.75) is 42.4 Å². The van der Waals surface area contributed by atoms with Gasteiger partial charge < -0.3 is 0 Å². The van der Waals surface area contributed by atoms with E-state index in [0.29, 0.717) is 0 Å². The number of carbonyl (C=O) groups is 2. The number of fused-ring (bicyclic) bond motifs is 2. The summed E-state index contributed by atoms with van der Waals surface area (Å²) >= 11 is 0. The average molecular weight is 959 g/mol. The first-order chi connectivity index (χ1) is 35.0. The highest BCUT2D eigenvalue weighted by molar-refractivity contribution is 7.86. The molecule has 0 N–H and O–H groups in total. The predicted octanol–water partition coefficient (Wildman–Crippen LogP) is 14.2. The summed E-state index contributed by atoms with van der Waals surface area (Å²) in [5, 5.41) is 3.46. The average Bonchev–Trinajstić information content (AvgIpc) is 4.27. The van der Waals surface area contributed by atoms with Gasteiger partial charge in [-0.1, -0.05) is 269 Å². The lowest BCUT2D eigenvalue weighted by atomic mass is 9.75. The van der Waals surface area contributed by atoms with E-state index in [2.05, 4.69) is 255 Å². The summed E-state index contributed by atoms with van der Waals surface area (Å²) in [6.45, 7) is -5.47. The zero-order valence-corrected chi connectivity index (χ0v) is 42.0. The molecule has 1 saturated carbocycles. The number of allylic oxidation sites excluding steroid dienone is 2. The molecule has 71 heavy (non-hydrogen) atoms. The van der Waals surface area contributed by atoms with Crippen LogP contribution in [-0.2, 0) is 19.9 Å². The molecule has 0 spiro atoms. The van der Waals surface area contributed by atoms with Crippen LogP contribution in [0.25, 0.3) is 0 Å². The molecule has 2 bridgehead atoms. The first kappa shape index (κ1) is 45.6. The second-order valence-electron chi connectivity index (χ2n) is 20.3. The van der Waals surface area contributed by atoms with Crippen LogP contribution in [0.3, 0.4) is 0 Å². The highest BCUT2D eigenvalue weighted by Gasteiger charge is 2.60. The number of ketones is 2. The molecule has 2 saturated heterocycles. The number of rotatable bonds is 12. The van der Waals surface area contributed by atoms with Crippen molar-refractivity contribution in [1.29, 1.82) is 0 Å². The van der Waals surface area contributed by atoms with Crippen LogP contribution in [0.2, 0.25) is 0 Å². The molecule has 0 amide bonds. The first-order valence-corrected chi connectivity index (χ1v) is 29.7. The highest BCUT2D eigenvalue weighted by atomic mass is 31.2. The van der Waals surface area contributed by atoms with Crippen LogP contribution in [0.15, 0.2) is 255 Å². The van der Waals surface area contributed by atoms with Crippen molar-refractivity contribution in [3.63, 3.8) is 0 Å². The number of Topliss-reactive ketones (excluding diaryl/α,β-unsaturated/α-hetero) is 2. The smallest absolute Gasteiger partial charge is 0.168 e. The van der Waals surface area contributed by atoms with E-state index in [1.165, 1.54) is 32.9 Å². The zero-order chi connectivity index (χ0) is 47.9. The topological polar surface area (TPSA) is 34.1 Å². The van der Waals surface area contributed by atoms with E-state index in [0.717, 1.165) is 66.1 Å². The molecular formula is C67H60O2P2. The molecule has 6 unspecified atom stereocenters. The molecule has 2 aliphatic carbocycles. The molecule has 2 nitrogen and oxygen atoms in total. The normalized spacial score (nSPS) is 24.6. The Kier molecular flexibility index (Phi) is 12.1. The molecule has 4 aliphatic rings. The zero-order valence-electron chi connectivity index (χ0n) is 40.2. The molecule has 0 radical (unpaired) electrons. The molecule has 2 heterocycles. The standard InChI is InChI=1S/C67H60O2P2/c68-62(64(50-27-9-1-10-28-50)70(58-39-21-7-22-40-58)47-25-45-66(70,54-31-13-3-14-32-54)55-33-15-4-16-34-55)60-52-43-44-53(49-52)61(60)63(69)65(51-29-11-2-12-30-51)71(59-41-23-8-24-42-59)48-26-46-67(71,56-35-17-5-18-36-56)57-37-19-6-20-38-57/h1-24,27-44,52-53,60-61H,25-26,45-49H2. The Balaban J connectivity index is 1.18. The minimum absolute atomic E-state index is 0.0546. The molecule has 8 aromatic rings. The van der Waals surface area contributed by atoms with Gasteiger partial charge in [-0.25, -0.2) is 0 Å². The van der Waals surface area contributed by atoms with Crippen molar-refractivity contribution >= 4 is 46.5 Å². The van der Waals surface area contributed by atoms with E-state index in [9.17, 15) is 0 Å². The fourth-order valence-corrected chi connectivity index (χ4v) is 26.8. The van der Waals surface area contributed by atoms with E-state index in [-0.39, 0.29) is 23.4 Å². The van der Waals surface area contributed by atoms with Crippen LogP contribution < -0.4 is 10.6 Å². The molecule has 0 aromatic heterocycles. The number of carbonyl (C=O) groups excluding carboxylic acids is 2. The second kappa shape index (κ2) is 18.9. The molecule has 4 heteroatoms. The number of hydrogen-bond donors (Lipinski definition) is 0. The summed E-state index contributed by atoms with van der Waals surface area (Å²) < 4.78 is 0. The summed E-state index contributed by atoms with van der Waals surface area (Å²) in [5.74, 6) is -0.826. The van der Waals surface area contributed by atoms with Crippen LogP contribution >= 0.6 is 13.8 Å². The predicted molar refractivity (Wildman–Crippen MR) is 300 cm³/mol. The lowest BCUT2D eigenvalue weighted by molar-refractivity contribution is -0.125. The van der Waals surface area contributed by atoms with Crippen molar-refractivity contribution < 1.29 is 9.59 Å². The van der Waals surface area contributed by atoms with Gasteiger partial charge in [-0.3, -0.25) is 9.59 Å². The molecule has 12 rings (SSSR count). The van der Waals surface area contributed by atoms with E-state index in [1.54, 1.807) is 0 Å². The largest absolute Gasteiger partial charge is 0.294 e. The van der Waals surface area contributed by atoms with Gasteiger partial charge in [-0.05, 0) is 100 Å². The van der Waals surface area contributed by atoms with E-state index >= 15 is 9.59 Å². The third-order valence-corrected chi connectivity index (χ3v) is 28.1. The van der Waals surface area contributed by atoms with E-state index in [1.807, 2.05) is 0 Å². The van der Waals surface area contributed by atoms with Gasteiger partial charge in [0.15, 0.2) is 11.6 Å². The van der Waals surface area contributed by atoms with Crippen LogP contribution in [0, 0.1) is 23.7 Å². The Labute approximate surface area is 420 Å². The van der Waals surface area contributed by atoms with Gasteiger partial charge in [-0.2, -0.15) is 0 Å². The van der Waals surface area contributed by atoms with Gasteiger partial charge in [0.25, 0.3) is 0 Å². The van der Waals surface area contributed by atoms with Crippen molar-refractivity contribution in [2.75, 3.05) is 12.3 Å². The van der Waals surface area contributed by atoms with Gasteiger partial charge in [0.1, 0.15) is 0 Å². The summed E-state index contributed by atoms with van der Waals surface area (Å²) in [7, 11) is 0. The Hall–Kier alpha value is -6.56. The minimum Gasteiger partial charge on any atom is -0.294 e. The molecule has 3 fully saturated rings. The highest BCUT2D eigenvalue weighted by Crippen LogP contribution is 2.76. The summed E-state index contributed by atoms with van der Waals surface area (Å²) in [6.07, 6.45) is 11.0. The minimum atomic E-state index is -2.74. The molecular weight excluding hydrogens is 899 g/mol. The van der Waals surface area contributed by atoms with Gasteiger partial charge in [0.05, 0.1) is 0 Å². The Morgan fingerprint density at radius 3 is 0.915 bits per heavy atom. The van der Waals surface area contributed by atoms with Crippen molar-refractivity contribution in [1.82, 2.24) is 0 Å². The summed E-state index contributed by atoms with van der Waals surface area (Å²) in [6, 6.07) is 88.0. The van der Waals surface area contributed by atoms with Crippen LogP contribution in [0.4, 0.5) is 0 Å². The molecule has 8 aromatic carbocycles. The Morgan fingerprint density at radius 1 is 0.352 bits per heavy atom. The van der Waals surface area contributed by atoms with Crippen molar-refractivity contribution in [3.05, 3.63) is 288 Å². The number of hydrogen-bond acceptors (Lipinski definition) is 2. The lowest BCUT2D eigenvalue weighted by Gasteiger charge is -2.46. The van der Waals surface area contributed by atoms with Crippen LogP contribution in [0.5, 0.6) is 0 Å². The fourth-order valence-electron chi connectivity index (χ4n) is 14.6. The molecule has 2 aliphatic heterocycles. The Morgan fingerprint density at radius 2 is 0.620 bits per heavy atom. The third kappa shape index (κ3) is 7.04. The van der Waals surface area contributed by atoms with Gasteiger partial charge in [0.2, 0.25) is 0 Å². The van der Waals surface area contributed by atoms with Gasteiger partial charge in [-0.15, -0.1) is 0 Å². The molecule has 350 valence electrons. The Bertz CT molecular complexity index is 3030. The van der Waals surface area contributed by atoms with Gasteiger partial charge >= 0.3 is 0 Å². The van der Waals surface area contributed by atoms with E-state index < -0.39 is 35.9 Å². The second-order valence-corrected chi connectivity index (χ2v) is 27.9. The fraction of sp³-hybridized carbons (Fsp3) is 0.194. The SMILES string of the molecule is O=C(C(c1ccccc1)=P1(c2ccccc2)CCCC1(c1ccccc1)c1ccccc1)C1C2C=CC(C2)C1C(=O)C(c1ccccc1)=P1(c2ccccc2)CCCC1(c1ccccc1)c1ccccc1. The third-order valence-electron chi connectivity index (χ3n) is 17.2. The van der Waals surface area contributed by atoms with Crippen LogP contribution in [0.1, 0.15) is 65.5 Å². The maximum Gasteiger partial charge on any atom is 0.168 e. The maximum absolute atomic E-state index is 17.4. The molecule has 6 atom stereocenters. The summed E-state index contributed by atoms with van der Waals surface area (Å²) in [5.41, 5.74) is 7.03. The van der Waals surface area contributed by atoms with Crippen LogP contribution in [-0.4, -0.2) is 34.5 Å². The quantitative estimate of drug-likeness (QED) is 0.0903.